The zero-order chi connectivity index (χ0) is 27.4. The molecule has 0 fully saturated rings. The van der Waals surface area contributed by atoms with Crippen molar-refractivity contribution < 1.29 is 22.7 Å². The Bertz CT molecular complexity index is 1120. The molecule has 3 rings (SSSR count). The van der Waals surface area contributed by atoms with Gasteiger partial charge >= 0.3 is 6.18 Å². The number of aliphatic hydroxyl groups is 1. The van der Waals surface area contributed by atoms with Gasteiger partial charge < -0.3 is 9.53 Å². The molecular formula is C28H39F3INO2Si. The predicted molar refractivity (Wildman–Crippen MR) is 150 cm³/mol. The highest BCUT2D eigenvalue weighted by molar-refractivity contribution is 14.1. The van der Waals surface area contributed by atoms with E-state index in [9.17, 15) is 18.3 Å². The molecule has 0 aliphatic heterocycles. The molecule has 0 amide bonds. The number of fused-ring (bicyclic) bond motifs is 1. The van der Waals surface area contributed by atoms with Crippen LogP contribution in [0.3, 0.4) is 0 Å². The minimum atomic E-state index is -4.48. The van der Waals surface area contributed by atoms with Crippen molar-refractivity contribution in [2.24, 2.45) is 5.41 Å². The largest absolute Gasteiger partial charge is 0.416 e. The predicted octanol–water partition coefficient (Wildman–Crippen LogP) is 8.95. The molecule has 1 aliphatic rings. The fourth-order valence-electron chi connectivity index (χ4n) is 4.63. The molecule has 1 aromatic carbocycles. The van der Waals surface area contributed by atoms with Crippen LogP contribution in [0.25, 0.3) is 0 Å². The van der Waals surface area contributed by atoms with E-state index in [1.165, 1.54) is 6.07 Å². The third-order valence-corrected chi connectivity index (χ3v) is 13.3. The summed E-state index contributed by atoms with van der Waals surface area (Å²) in [5.74, 6) is -0.0101. The van der Waals surface area contributed by atoms with Crippen molar-refractivity contribution in [1.82, 2.24) is 4.98 Å². The van der Waals surface area contributed by atoms with Crippen molar-refractivity contribution >= 4 is 30.9 Å². The second-order valence-corrected chi connectivity index (χ2v) is 18.5. The second kappa shape index (κ2) is 9.97. The molecular weight excluding hydrogens is 594 g/mol. The van der Waals surface area contributed by atoms with Crippen LogP contribution in [-0.4, -0.2) is 18.4 Å². The number of nitrogens with zero attached hydrogens (tertiary/aromatic N) is 1. The van der Waals surface area contributed by atoms with Gasteiger partial charge in [-0.05, 0) is 82.6 Å². The van der Waals surface area contributed by atoms with Crippen LogP contribution in [0.5, 0.6) is 0 Å². The van der Waals surface area contributed by atoms with Crippen LogP contribution < -0.4 is 0 Å². The Kier molecular flexibility index (Phi) is 8.19. The monoisotopic (exact) mass is 633 g/mol. The van der Waals surface area contributed by atoms with Gasteiger partial charge in [0.1, 0.15) is 6.10 Å². The van der Waals surface area contributed by atoms with Gasteiger partial charge in [0.15, 0.2) is 8.32 Å². The summed E-state index contributed by atoms with van der Waals surface area (Å²) >= 11 is 2.26. The Hall–Kier alpha value is -0.973. The second-order valence-electron chi connectivity index (χ2n) is 12.7. The maximum absolute atomic E-state index is 13.4. The van der Waals surface area contributed by atoms with Gasteiger partial charge in [0.25, 0.3) is 0 Å². The average molecular weight is 634 g/mol. The molecule has 0 saturated heterocycles. The summed E-state index contributed by atoms with van der Waals surface area (Å²) in [5, 5.41) is 11.5. The van der Waals surface area contributed by atoms with Gasteiger partial charge in [-0.1, -0.05) is 60.6 Å². The van der Waals surface area contributed by atoms with E-state index in [0.717, 1.165) is 45.5 Å². The number of hydrogen-bond acceptors (Lipinski definition) is 3. The molecule has 0 bridgehead atoms. The topological polar surface area (TPSA) is 42.4 Å². The highest BCUT2D eigenvalue weighted by Crippen LogP contribution is 2.50. The van der Waals surface area contributed by atoms with Crippen LogP contribution in [-0.2, 0) is 17.0 Å². The molecule has 1 heterocycles. The van der Waals surface area contributed by atoms with Crippen molar-refractivity contribution in [2.45, 2.75) is 104 Å². The van der Waals surface area contributed by atoms with Gasteiger partial charge in [0.05, 0.1) is 17.4 Å². The molecule has 8 heteroatoms. The average Bonchev–Trinajstić information content (AvgIpc) is 2.70. The quantitative estimate of drug-likeness (QED) is 0.264. The highest BCUT2D eigenvalue weighted by Gasteiger charge is 2.44. The van der Waals surface area contributed by atoms with Gasteiger partial charge in [-0.15, -0.1) is 0 Å². The molecule has 200 valence electrons. The third-order valence-electron chi connectivity index (χ3n) is 7.61. The SMILES string of the molecule is CC(C)c1nc2c(c(I)c1[C@@H](O)c1cccc(C(F)(F)F)c1)C(O[Si](C)(C)C(C)(C)C)CC(C)(C)C2. The van der Waals surface area contributed by atoms with E-state index in [4.69, 9.17) is 9.41 Å². The molecule has 1 unspecified atom stereocenters. The lowest BCUT2D eigenvalue weighted by Gasteiger charge is -2.44. The van der Waals surface area contributed by atoms with Crippen molar-refractivity contribution in [1.29, 1.82) is 0 Å². The number of hydrogen-bond donors (Lipinski definition) is 1. The van der Waals surface area contributed by atoms with Crippen LogP contribution in [0.2, 0.25) is 18.1 Å². The normalized spacial score (nSPS) is 19.4. The fraction of sp³-hybridized carbons (Fsp3) is 0.607. The molecule has 3 nitrogen and oxygen atoms in total. The summed E-state index contributed by atoms with van der Waals surface area (Å²) < 4.78 is 48.1. The first-order chi connectivity index (χ1) is 16.2. The Balaban J connectivity index is 2.22. The maximum Gasteiger partial charge on any atom is 0.416 e. The van der Waals surface area contributed by atoms with Gasteiger partial charge in [-0.25, -0.2) is 0 Å². The van der Waals surface area contributed by atoms with E-state index in [1.54, 1.807) is 6.07 Å². The van der Waals surface area contributed by atoms with E-state index in [-0.39, 0.29) is 28.0 Å². The van der Waals surface area contributed by atoms with Gasteiger partial charge in [0.2, 0.25) is 0 Å². The summed E-state index contributed by atoms with van der Waals surface area (Å²) in [4.78, 5) is 5.08. The minimum absolute atomic E-state index is 0.00840. The molecule has 0 radical (unpaired) electrons. The van der Waals surface area contributed by atoms with Gasteiger partial charge in [-0.2, -0.15) is 13.2 Å². The molecule has 36 heavy (non-hydrogen) atoms. The summed E-state index contributed by atoms with van der Waals surface area (Å²) in [7, 11) is -2.14. The zero-order valence-corrected chi connectivity index (χ0v) is 25.9. The third kappa shape index (κ3) is 6.02. The van der Waals surface area contributed by atoms with E-state index in [1.807, 2.05) is 13.8 Å². The van der Waals surface area contributed by atoms with Crippen LogP contribution >= 0.6 is 22.6 Å². The van der Waals surface area contributed by atoms with Crippen molar-refractivity contribution in [3.63, 3.8) is 0 Å². The molecule has 0 saturated carbocycles. The smallest absolute Gasteiger partial charge is 0.410 e. The Labute approximate surface area is 228 Å². The highest BCUT2D eigenvalue weighted by atomic mass is 127. The number of rotatable bonds is 5. The number of pyridine rings is 1. The van der Waals surface area contributed by atoms with Crippen molar-refractivity contribution in [3.8, 4) is 0 Å². The summed E-state index contributed by atoms with van der Waals surface area (Å²) in [6, 6.07) is 4.96. The van der Waals surface area contributed by atoms with Crippen LogP contribution in [0.4, 0.5) is 13.2 Å². The number of aromatic nitrogens is 1. The van der Waals surface area contributed by atoms with E-state index in [0.29, 0.717) is 5.56 Å². The molecule has 2 aromatic rings. The lowest BCUT2D eigenvalue weighted by atomic mass is 9.74. The Morgan fingerprint density at radius 2 is 1.78 bits per heavy atom. The Morgan fingerprint density at radius 3 is 2.31 bits per heavy atom. The van der Waals surface area contributed by atoms with Crippen LogP contribution in [0, 0.1) is 8.99 Å². The molecule has 1 N–H and O–H groups in total. The first kappa shape index (κ1) is 29.6. The number of aliphatic hydroxyl groups excluding tert-OH is 1. The number of benzene rings is 1. The minimum Gasteiger partial charge on any atom is -0.410 e. The maximum atomic E-state index is 13.4. The van der Waals surface area contributed by atoms with E-state index in [2.05, 4.69) is 70.3 Å². The van der Waals surface area contributed by atoms with E-state index >= 15 is 0 Å². The zero-order valence-electron chi connectivity index (χ0n) is 22.8. The first-order valence-electron chi connectivity index (χ1n) is 12.5. The first-order valence-corrected chi connectivity index (χ1v) is 16.5. The summed E-state index contributed by atoms with van der Waals surface area (Å²) in [6.45, 7) is 19.6. The summed E-state index contributed by atoms with van der Waals surface area (Å²) in [5.41, 5.74) is 2.72. The van der Waals surface area contributed by atoms with Crippen molar-refractivity contribution in [3.05, 3.63) is 61.5 Å². The standard InChI is InChI=1S/C28H39F3INO2Si/c1-16(2)24-22(25(34)17-11-10-12-18(13-17)28(29,30)31)23(32)21-19(33-24)14-27(6,7)15-20(21)35-36(8,9)26(3,4)5/h10-13,16,20,25,34H,14-15H2,1-9H3/t20?,25-/m0/s1. The van der Waals surface area contributed by atoms with Crippen molar-refractivity contribution in [2.75, 3.05) is 0 Å². The molecule has 0 spiro atoms. The molecule has 2 atom stereocenters. The Morgan fingerprint density at radius 1 is 1.17 bits per heavy atom. The lowest BCUT2D eigenvalue weighted by Crippen LogP contribution is -2.44. The van der Waals surface area contributed by atoms with Gasteiger partial charge in [0, 0.05) is 20.4 Å². The molecule has 1 aliphatic carbocycles. The van der Waals surface area contributed by atoms with Crippen LogP contribution in [0.1, 0.15) is 107 Å². The van der Waals surface area contributed by atoms with E-state index < -0.39 is 26.2 Å². The molecule has 1 aromatic heterocycles. The number of alkyl halides is 3. The van der Waals surface area contributed by atoms with Gasteiger partial charge in [-0.3, -0.25) is 4.98 Å². The van der Waals surface area contributed by atoms with Crippen LogP contribution in [0.15, 0.2) is 24.3 Å². The lowest BCUT2D eigenvalue weighted by molar-refractivity contribution is -0.137. The summed E-state index contributed by atoms with van der Waals surface area (Å²) in [6.07, 6.45) is -4.28. The number of halogens is 4. The fourth-order valence-corrected chi connectivity index (χ4v) is 7.12.